The van der Waals surface area contributed by atoms with E-state index in [0.717, 1.165) is 66.2 Å². The van der Waals surface area contributed by atoms with Crippen molar-refractivity contribution in [1.82, 2.24) is 24.0 Å². The average molecular weight is 747 g/mol. The van der Waals surface area contributed by atoms with E-state index in [9.17, 15) is 14.7 Å². The van der Waals surface area contributed by atoms with E-state index in [1.165, 1.54) is 12.1 Å². The van der Waals surface area contributed by atoms with E-state index < -0.39 is 22.9 Å². The first-order chi connectivity index (χ1) is 26.8. The van der Waals surface area contributed by atoms with Crippen molar-refractivity contribution in [2.24, 2.45) is 4.99 Å². The van der Waals surface area contributed by atoms with E-state index in [-0.39, 0.29) is 23.5 Å². The predicted octanol–water partition coefficient (Wildman–Crippen LogP) is 5.80. The highest BCUT2D eigenvalue weighted by atomic mass is 19.1. The van der Waals surface area contributed by atoms with Crippen molar-refractivity contribution >= 4 is 22.8 Å². The molecule has 6 aromatic rings. The summed E-state index contributed by atoms with van der Waals surface area (Å²) in [5.41, 5.74) is 0.776. The Morgan fingerprint density at radius 1 is 0.964 bits per heavy atom. The topological polar surface area (TPSA) is 143 Å². The third kappa shape index (κ3) is 8.40. The number of methoxy groups -OCH3 is 1. The number of morpholine rings is 1. The molecule has 55 heavy (non-hydrogen) atoms. The number of fused-ring (bicyclic) bond motifs is 1. The summed E-state index contributed by atoms with van der Waals surface area (Å²) in [5.74, 6) is -0.0294. The van der Waals surface area contributed by atoms with Gasteiger partial charge in [0.2, 0.25) is 5.88 Å². The fourth-order valence-corrected chi connectivity index (χ4v) is 6.21. The molecule has 1 aliphatic rings. The summed E-state index contributed by atoms with van der Waals surface area (Å²) in [7, 11) is 1.55. The first kappa shape index (κ1) is 37.0. The molecule has 4 heterocycles. The van der Waals surface area contributed by atoms with Crippen LogP contribution in [-0.2, 0) is 11.3 Å². The van der Waals surface area contributed by atoms with Gasteiger partial charge in [-0.3, -0.25) is 29.2 Å². The lowest BCUT2D eigenvalue weighted by molar-refractivity contribution is 0.0357. The number of aliphatic imine (C=N–C) groups is 1. The maximum Gasteiger partial charge on any atom is 0.338 e. The molecule has 14 heteroatoms. The Morgan fingerprint density at radius 2 is 1.78 bits per heavy atom. The molecule has 0 aliphatic carbocycles. The van der Waals surface area contributed by atoms with Gasteiger partial charge in [-0.2, -0.15) is 0 Å². The molecule has 3 aromatic carbocycles. The molecule has 0 unspecified atom stereocenters. The average Bonchev–Trinajstić information content (AvgIpc) is 3.20. The van der Waals surface area contributed by atoms with Crippen LogP contribution in [0.5, 0.6) is 28.9 Å². The maximum absolute atomic E-state index is 15.6. The molecular weight excluding hydrogens is 707 g/mol. The highest BCUT2D eigenvalue weighted by molar-refractivity contribution is 5.88. The highest BCUT2D eigenvalue weighted by Gasteiger charge is 2.20. The maximum atomic E-state index is 15.6. The summed E-state index contributed by atoms with van der Waals surface area (Å²) in [6.07, 6.45) is 6.65. The second-order valence-corrected chi connectivity index (χ2v) is 12.9. The van der Waals surface area contributed by atoms with Crippen LogP contribution in [0.3, 0.4) is 0 Å². The van der Waals surface area contributed by atoms with Crippen LogP contribution in [-0.4, -0.2) is 81.9 Å². The van der Waals surface area contributed by atoms with Gasteiger partial charge in [0.05, 0.1) is 50.4 Å². The number of hydrogen-bond acceptors (Lipinski definition) is 11. The Balaban J connectivity index is 1.13. The molecule has 1 N–H and O–H groups in total. The monoisotopic (exact) mass is 746 g/mol. The van der Waals surface area contributed by atoms with Crippen LogP contribution >= 0.6 is 0 Å². The molecule has 0 spiro atoms. The molecule has 0 atom stereocenters. The van der Waals surface area contributed by atoms with Crippen LogP contribution in [0.1, 0.15) is 23.1 Å². The number of ether oxygens (including phenoxy) is 4. The molecule has 0 amide bonds. The number of hydrogen-bond donors (Lipinski definition) is 1. The van der Waals surface area contributed by atoms with E-state index >= 15 is 4.39 Å². The van der Waals surface area contributed by atoms with Gasteiger partial charge < -0.3 is 24.1 Å². The lowest BCUT2D eigenvalue weighted by Crippen LogP contribution is -2.40. The SMILES string of the molecule is COc1cc2c(Oc3ccc(N=Cc4c(O)n(Cc5cccnc5)c(=O)n(-c5ccc(C)cc5)c4=O)cc3F)ccnc2cc1OCCCN1CCOCC1. The quantitative estimate of drug-likeness (QED) is 0.114. The van der Waals surface area contributed by atoms with Gasteiger partial charge in [-0.25, -0.2) is 13.8 Å². The first-order valence-corrected chi connectivity index (χ1v) is 17.7. The van der Waals surface area contributed by atoms with Crippen molar-refractivity contribution in [3.8, 4) is 34.6 Å². The molecule has 1 aliphatic heterocycles. The van der Waals surface area contributed by atoms with E-state index in [2.05, 4.69) is 19.9 Å². The number of aryl methyl sites for hydroxylation is 1. The molecule has 1 saturated heterocycles. The molecule has 3 aromatic heterocycles. The fourth-order valence-electron chi connectivity index (χ4n) is 6.21. The molecule has 282 valence electrons. The Labute approximate surface area is 315 Å². The van der Waals surface area contributed by atoms with E-state index in [0.29, 0.717) is 46.0 Å². The summed E-state index contributed by atoms with van der Waals surface area (Å²) >= 11 is 0. The van der Waals surface area contributed by atoms with Crippen LogP contribution in [0.2, 0.25) is 0 Å². The Kier molecular flexibility index (Phi) is 11.3. The van der Waals surface area contributed by atoms with Gasteiger partial charge in [-0.15, -0.1) is 0 Å². The van der Waals surface area contributed by atoms with Gasteiger partial charge in [0.25, 0.3) is 5.56 Å². The number of aromatic nitrogens is 4. The smallest absolute Gasteiger partial charge is 0.338 e. The van der Waals surface area contributed by atoms with Crippen LogP contribution in [0.15, 0.2) is 106 Å². The molecule has 0 bridgehead atoms. The second kappa shape index (κ2) is 16.7. The summed E-state index contributed by atoms with van der Waals surface area (Å²) in [6, 6.07) is 19.5. The van der Waals surface area contributed by atoms with Crippen molar-refractivity contribution in [2.75, 3.05) is 46.6 Å². The molecular formula is C41H39FN6O7. The van der Waals surface area contributed by atoms with Crippen molar-refractivity contribution in [2.45, 2.75) is 19.9 Å². The molecule has 0 radical (unpaired) electrons. The zero-order valence-electron chi connectivity index (χ0n) is 30.4. The number of halogens is 1. The van der Waals surface area contributed by atoms with E-state index in [1.54, 1.807) is 80.3 Å². The van der Waals surface area contributed by atoms with Crippen LogP contribution in [0.25, 0.3) is 16.6 Å². The van der Waals surface area contributed by atoms with Crippen LogP contribution in [0, 0.1) is 12.7 Å². The Morgan fingerprint density at radius 3 is 2.53 bits per heavy atom. The summed E-state index contributed by atoms with van der Waals surface area (Å²) in [4.78, 5) is 42.5. The van der Waals surface area contributed by atoms with Crippen molar-refractivity contribution < 1.29 is 28.4 Å². The van der Waals surface area contributed by atoms with Gasteiger partial charge in [0, 0.05) is 62.0 Å². The fraction of sp³-hybridized carbons (Fsp3) is 0.244. The van der Waals surface area contributed by atoms with Crippen LogP contribution in [0.4, 0.5) is 10.1 Å². The predicted molar refractivity (Wildman–Crippen MR) is 205 cm³/mol. The largest absolute Gasteiger partial charge is 0.494 e. The van der Waals surface area contributed by atoms with Gasteiger partial charge in [-0.05, 0) is 61.4 Å². The van der Waals surface area contributed by atoms with Gasteiger partial charge in [0.15, 0.2) is 23.1 Å². The zero-order valence-corrected chi connectivity index (χ0v) is 30.4. The van der Waals surface area contributed by atoms with Crippen molar-refractivity contribution in [3.05, 3.63) is 135 Å². The zero-order chi connectivity index (χ0) is 38.3. The summed E-state index contributed by atoms with van der Waals surface area (Å²) < 4.78 is 40.7. The third-order valence-electron chi connectivity index (χ3n) is 9.15. The Bertz CT molecular complexity index is 2450. The minimum Gasteiger partial charge on any atom is -0.494 e. The molecule has 7 rings (SSSR count). The number of benzene rings is 3. The van der Waals surface area contributed by atoms with Gasteiger partial charge in [-0.1, -0.05) is 23.8 Å². The molecule has 1 fully saturated rings. The van der Waals surface area contributed by atoms with E-state index in [4.69, 9.17) is 18.9 Å². The standard InChI is InChI=1S/C41H39FN6O7/c1-27-6-9-30(10-7-27)48-40(50)32(39(49)47(41(48)51)26-28-5-3-13-43-24-28)25-45-29-8-11-36(33(42)21-29)55-35-12-14-44-34-23-38(37(52-2)22-31(34)35)54-18-4-15-46-16-19-53-20-17-46/h3,5-14,21-25,49H,4,15-20,26H2,1-2H3. The van der Waals surface area contributed by atoms with Crippen LogP contribution < -0.4 is 25.5 Å². The number of pyridine rings is 2. The summed E-state index contributed by atoms with van der Waals surface area (Å²) in [5, 5.41) is 11.8. The van der Waals surface area contributed by atoms with Crippen molar-refractivity contribution in [1.29, 1.82) is 0 Å². The number of rotatable bonds is 13. The molecule has 0 saturated carbocycles. The number of nitrogens with zero attached hydrogens (tertiary/aromatic N) is 6. The van der Waals surface area contributed by atoms with Gasteiger partial charge in [0.1, 0.15) is 11.3 Å². The lowest BCUT2D eigenvalue weighted by atomic mass is 10.1. The molecule has 13 nitrogen and oxygen atoms in total. The Hall–Kier alpha value is -6.38. The minimum atomic E-state index is -0.792. The normalized spacial score (nSPS) is 13.4. The van der Waals surface area contributed by atoms with E-state index in [1.807, 2.05) is 6.92 Å². The van der Waals surface area contributed by atoms with Crippen molar-refractivity contribution in [3.63, 3.8) is 0 Å². The summed E-state index contributed by atoms with van der Waals surface area (Å²) in [6.45, 7) is 6.54. The third-order valence-corrected chi connectivity index (χ3v) is 9.15. The second-order valence-electron chi connectivity index (χ2n) is 12.9. The minimum absolute atomic E-state index is 0.0641. The first-order valence-electron chi connectivity index (χ1n) is 17.7. The number of aromatic hydroxyl groups is 1. The lowest BCUT2D eigenvalue weighted by Gasteiger charge is -2.26. The highest BCUT2D eigenvalue weighted by Crippen LogP contribution is 2.38. The van der Waals surface area contributed by atoms with Gasteiger partial charge >= 0.3 is 5.69 Å².